The highest BCUT2D eigenvalue weighted by atomic mass is 16.5. The van der Waals surface area contributed by atoms with E-state index in [2.05, 4.69) is 6.92 Å². The molecule has 176 valence electrons. The predicted molar refractivity (Wildman–Crippen MR) is 128 cm³/mol. The van der Waals surface area contributed by atoms with E-state index in [9.17, 15) is 14.7 Å². The summed E-state index contributed by atoms with van der Waals surface area (Å²) in [6.07, 6.45) is 0.881. The molecular weight excluding hydrogens is 418 g/mol. The van der Waals surface area contributed by atoms with Crippen molar-refractivity contribution in [3.8, 4) is 5.75 Å². The highest BCUT2D eigenvalue weighted by Crippen LogP contribution is 2.41. The number of carbonyl (C=O) groups excluding carboxylic acids is 2. The molecule has 0 saturated carbocycles. The number of nitrogens with zero attached hydrogens (tertiary/aromatic N) is 1. The van der Waals surface area contributed by atoms with Gasteiger partial charge < -0.3 is 19.5 Å². The fourth-order valence-electron chi connectivity index (χ4n) is 4.18. The molecule has 0 aliphatic carbocycles. The second-order valence-electron chi connectivity index (χ2n) is 9.25. The standard InChI is InChI=1S/C27H33NO5/c1-7-17-8-10-18(11-9-17)23-22(25(30)26(31)28(23)14-15-32-5)24(29)19-12-13-21(33-6)20(16-19)27(2,3)4/h8-13,16,23,29H,7,14-15H2,1-6H3/b24-22-. The molecule has 6 heteroatoms. The van der Waals surface area contributed by atoms with Crippen LogP contribution in [0.15, 0.2) is 48.0 Å². The number of ketones is 1. The number of Topliss-reactive ketones (excluding diaryl/α,β-unsaturated/α-hetero) is 1. The minimum atomic E-state index is -0.693. The third-order valence-corrected chi connectivity index (χ3v) is 6.06. The molecule has 1 fully saturated rings. The zero-order valence-electron chi connectivity index (χ0n) is 20.3. The monoisotopic (exact) mass is 451 g/mol. The third-order valence-electron chi connectivity index (χ3n) is 6.06. The van der Waals surface area contributed by atoms with Crippen LogP contribution in [-0.2, 0) is 26.2 Å². The summed E-state index contributed by atoms with van der Waals surface area (Å²) < 4.78 is 10.7. The minimum Gasteiger partial charge on any atom is -0.507 e. The molecule has 1 aliphatic rings. The number of hydrogen-bond acceptors (Lipinski definition) is 5. The maximum atomic E-state index is 13.1. The first-order valence-corrected chi connectivity index (χ1v) is 11.2. The van der Waals surface area contributed by atoms with Crippen LogP contribution in [0.5, 0.6) is 5.75 Å². The molecular formula is C27H33NO5. The van der Waals surface area contributed by atoms with E-state index in [4.69, 9.17) is 9.47 Å². The van der Waals surface area contributed by atoms with Gasteiger partial charge in [0, 0.05) is 24.8 Å². The Hall–Kier alpha value is -3.12. The summed E-state index contributed by atoms with van der Waals surface area (Å²) in [7, 11) is 3.15. The van der Waals surface area contributed by atoms with Crippen molar-refractivity contribution in [3.63, 3.8) is 0 Å². The summed E-state index contributed by atoms with van der Waals surface area (Å²) in [6, 6.07) is 12.4. The van der Waals surface area contributed by atoms with Crippen LogP contribution >= 0.6 is 0 Å². The van der Waals surface area contributed by atoms with Gasteiger partial charge >= 0.3 is 0 Å². The van der Waals surface area contributed by atoms with E-state index in [1.165, 1.54) is 4.90 Å². The molecule has 2 aromatic carbocycles. The van der Waals surface area contributed by atoms with Gasteiger partial charge in [0.15, 0.2) is 0 Å². The number of ether oxygens (including phenoxy) is 2. The van der Waals surface area contributed by atoms with Crippen molar-refractivity contribution in [3.05, 3.63) is 70.3 Å². The fourth-order valence-corrected chi connectivity index (χ4v) is 4.18. The molecule has 6 nitrogen and oxygen atoms in total. The number of carbonyl (C=O) groups is 2. The summed E-state index contributed by atoms with van der Waals surface area (Å²) in [6.45, 7) is 8.74. The topological polar surface area (TPSA) is 76.1 Å². The molecule has 0 radical (unpaired) electrons. The van der Waals surface area contributed by atoms with Gasteiger partial charge in [0.2, 0.25) is 0 Å². The first kappa shape index (κ1) is 24.5. The number of aryl methyl sites for hydroxylation is 1. The van der Waals surface area contributed by atoms with E-state index in [1.54, 1.807) is 26.4 Å². The molecule has 3 rings (SSSR count). The average Bonchev–Trinajstić information content (AvgIpc) is 3.06. The number of rotatable bonds is 7. The van der Waals surface area contributed by atoms with Gasteiger partial charge in [-0.15, -0.1) is 0 Å². The molecule has 1 atom stereocenters. The van der Waals surface area contributed by atoms with E-state index in [0.717, 1.165) is 23.1 Å². The Kier molecular flexibility index (Phi) is 7.28. The van der Waals surface area contributed by atoms with Gasteiger partial charge in [-0.3, -0.25) is 9.59 Å². The zero-order chi connectivity index (χ0) is 24.3. The number of aliphatic hydroxyl groups is 1. The van der Waals surface area contributed by atoms with Gasteiger partial charge in [-0.05, 0) is 41.2 Å². The molecule has 1 amide bonds. The number of amides is 1. The van der Waals surface area contributed by atoms with E-state index >= 15 is 0 Å². The Labute approximate surface area is 195 Å². The second-order valence-corrected chi connectivity index (χ2v) is 9.25. The number of benzene rings is 2. The number of hydrogen-bond donors (Lipinski definition) is 1. The largest absolute Gasteiger partial charge is 0.507 e. The second kappa shape index (κ2) is 9.79. The quantitative estimate of drug-likeness (QED) is 0.378. The number of methoxy groups -OCH3 is 2. The molecule has 1 saturated heterocycles. The average molecular weight is 452 g/mol. The molecule has 0 spiro atoms. The number of aliphatic hydroxyl groups excluding tert-OH is 1. The van der Waals surface area contributed by atoms with Crippen LogP contribution in [0.2, 0.25) is 0 Å². The van der Waals surface area contributed by atoms with Crippen molar-refractivity contribution in [2.75, 3.05) is 27.4 Å². The van der Waals surface area contributed by atoms with Crippen LogP contribution in [-0.4, -0.2) is 49.1 Å². The molecule has 1 unspecified atom stereocenters. The van der Waals surface area contributed by atoms with Crippen molar-refractivity contribution in [2.45, 2.75) is 45.6 Å². The van der Waals surface area contributed by atoms with Gasteiger partial charge in [0.25, 0.3) is 11.7 Å². The molecule has 0 bridgehead atoms. The molecule has 2 aromatic rings. The van der Waals surface area contributed by atoms with E-state index < -0.39 is 17.7 Å². The lowest BCUT2D eigenvalue weighted by atomic mass is 9.84. The van der Waals surface area contributed by atoms with Gasteiger partial charge in [0.05, 0.1) is 25.3 Å². The smallest absolute Gasteiger partial charge is 0.295 e. The summed E-state index contributed by atoms with van der Waals surface area (Å²) in [5.74, 6) is -0.818. The predicted octanol–water partition coefficient (Wildman–Crippen LogP) is 4.62. The Morgan fingerprint density at radius 1 is 1.06 bits per heavy atom. The van der Waals surface area contributed by atoms with Crippen LogP contribution in [0.1, 0.15) is 56.0 Å². The van der Waals surface area contributed by atoms with Crippen LogP contribution in [0.3, 0.4) is 0 Å². The van der Waals surface area contributed by atoms with Gasteiger partial charge in [-0.25, -0.2) is 0 Å². The molecule has 1 aliphatic heterocycles. The highest BCUT2D eigenvalue weighted by molar-refractivity contribution is 6.46. The molecule has 1 heterocycles. The summed E-state index contributed by atoms with van der Waals surface area (Å²) in [4.78, 5) is 27.6. The molecule has 0 aromatic heterocycles. The zero-order valence-corrected chi connectivity index (χ0v) is 20.3. The SMILES string of the molecule is CCc1ccc(C2/C(=C(/O)c3ccc(OC)c(C(C)(C)C)c3)C(=O)C(=O)N2CCOC)cc1. The van der Waals surface area contributed by atoms with E-state index in [1.807, 2.05) is 51.1 Å². The van der Waals surface area contributed by atoms with Gasteiger partial charge in [0.1, 0.15) is 11.5 Å². The minimum absolute atomic E-state index is 0.0883. The maximum absolute atomic E-state index is 13.1. The van der Waals surface area contributed by atoms with E-state index in [-0.39, 0.29) is 29.9 Å². The highest BCUT2D eigenvalue weighted by Gasteiger charge is 2.46. The van der Waals surface area contributed by atoms with Crippen molar-refractivity contribution >= 4 is 17.4 Å². The lowest BCUT2D eigenvalue weighted by molar-refractivity contribution is -0.140. The van der Waals surface area contributed by atoms with Crippen LogP contribution in [0.25, 0.3) is 5.76 Å². The van der Waals surface area contributed by atoms with E-state index in [0.29, 0.717) is 11.3 Å². The fraction of sp³-hybridized carbons (Fsp3) is 0.407. The van der Waals surface area contributed by atoms with Crippen molar-refractivity contribution in [1.82, 2.24) is 4.90 Å². The maximum Gasteiger partial charge on any atom is 0.295 e. The van der Waals surface area contributed by atoms with Gasteiger partial charge in [-0.2, -0.15) is 0 Å². The number of likely N-dealkylation sites (tertiary alicyclic amines) is 1. The lowest BCUT2D eigenvalue weighted by Crippen LogP contribution is -2.32. The molecule has 33 heavy (non-hydrogen) atoms. The van der Waals surface area contributed by atoms with Crippen LogP contribution in [0.4, 0.5) is 0 Å². The Morgan fingerprint density at radius 2 is 1.73 bits per heavy atom. The normalized spacial score (nSPS) is 18.1. The lowest BCUT2D eigenvalue weighted by Gasteiger charge is -2.26. The Morgan fingerprint density at radius 3 is 2.27 bits per heavy atom. The Bertz CT molecular complexity index is 1060. The Balaban J connectivity index is 2.19. The van der Waals surface area contributed by atoms with Crippen molar-refractivity contribution in [2.24, 2.45) is 0 Å². The van der Waals surface area contributed by atoms with Crippen molar-refractivity contribution < 1.29 is 24.2 Å². The first-order valence-electron chi connectivity index (χ1n) is 11.2. The van der Waals surface area contributed by atoms with Crippen LogP contribution in [0, 0.1) is 0 Å². The third kappa shape index (κ3) is 4.81. The van der Waals surface area contributed by atoms with Gasteiger partial charge in [-0.1, -0.05) is 52.0 Å². The summed E-state index contributed by atoms with van der Waals surface area (Å²) in [5.41, 5.74) is 3.13. The molecule has 1 N–H and O–H groups in total. The van der Waals surface area contributed by atoms with Crippen LogP contribution < -0.4 is 4.74 Å². The summed E-state index contributed by atoms with van der Waals surface area (Å²) in [5, 5.41) is 11.3. The van der Waals surface area contributed by atoms with Crippen molar-refractivity contribution in [1.29, 1.82) is 0 Å². The summed E-state index contributed by atoms with van der Waals surface area (Å²) >= 11 is 0. The first-order chi connectivity index (χ1) is 15.6.